The van der Waals surface area contributed by atoms with Crippen LogP contribution in [-0.2, 0) is 0 Å². The third-order valence-corrected chi connectivity index (χ3v) is 2.46. The quantitative estimate of drug-likeness (QED) is 0.793. The second-order valence-electron chi connectivity index (χ2n) is 2.91. The van der Waals surface area contributed by atoms with Crippen molar-refractivity contribution in [2.45, 2.75) is 6.92 Å². The van der Waals surface area contributed by atoms with E-state index in [2.05, 4.69) is 26.1 Å². The zero-order valence-electron chi connectivity index (χ0n) is 7.49. The number of aromatic nitrogens is 2. The van der Waals surface area contributed by atoms with Crippen LogP contribution in [0.5, 0.6) is 0 Å². The van der Waals surface area contributed by atoms with Crippen LogP contribution in [0.4, 0.5) is 5.69 Å². The van der Waals surface area contributed by atoms with Gasteiger partial charge in [-0.15, -0.1) is 10.2 Å². The number of hydrogen-bond acceptors (Lipinski definition) is 4. The lowest BCUT2D eigenvalue weighted by Crippen LogP contribution is -1.93. The third kappa shape index (κ3) is 1.50. The lowest BCUT2D eigenvalue weighted by Gasteiger charge is -2.05. The molecule has 0 radical (unpaired) electrons. The standard InChI is InChI=1S/C9H8BrN3O/c1-5-7(9-13-12-4-14-9)2-6(10)3-8(5)11/h2-4H,11H2,1H3. The molecule has 72 valence electrons. The SMILES string of the molecule is Cc1c(N)cc(Br)cc1-c1nnco1. The Morgan fingerprint density at radius 1 is 1.43 bits per heavy atom. The van der Waals surface area contributed by atoms with Crippen LogP contribution in [0.1, 0.15) is 5.56 Å². The molecule has 5 heteroatoms. The van der Waals surface area contributed by atoms with E-state index in [1.807, 2.05) is 19.1 Å². The van der Waals surface area contributed by atoms with Crippen LogP contribution in [-0.4, -0.2) is 10.2 Å². The highest BCUT2D eigenvalue weighted by molar-refractivity contribution is 9.10. The molecule has 2 aromatic rings. The number of benzene rings is 1. The second-order valence-corrected chi connectivity index (χ2v) is 3.83. The predicted molar refractivity (Wildman–Crippen MR) is 56.6 cm³/mol. The molecule has 0 atom stereocenters. The van der Waals surface area contributed by atoms with Crippen molar-refractivity contribution < 1.29 is 4.42 Å². The van der Waals surface area contributed by atoms with Gasteiger partial charge in [-0.1, -0.05) is 15.9 Å². The molecule has 0 aliphatic carbocycles. The Morgan fingerprint density at radius 2 is 2.21 bits per heavy atom. The van der Waals surface area contributed by atoms with Gasteiger partial charge in [-0.05, 0) is 24.6 Å². The van der Waals surface area contributed by atoms with Gasteiger partial charge in [0, 0.05) is 15.7 Å². The van der Waals surface area contributed by atoms with Crippen molar-refractivity contribution in [1.82, 2.24) is 10.2 Å². The lowest BCUT2D eigenvalue weighted by atomic mass is 10.1. The minimum Gasteiger partial charge on any atom is -0.423 e. The summed E-state index contributed by atoms with van der Waals surface area (Å²) >= 11 is 3.36. The average molecular weight is 254 g/mol. The summed E-state index contributed by atoms with van der Waals surface area (Å²) in [5, 5.41) is 7.46. The van der Waals surface area contributed by atoms with Crippen molar-refractivity contribution in [3.8, 4) is 11.5 Å². The molecule has 0 aliphatic rings. The lowest BCUT2D eigenvalue weighted by molar-refractivity contribution is 0.568. The monoisotopic (exact) mass is 253 g/mol. The van der Waals surface area contributed by atoms with Gasteiger partial charge in [-0.3, -0.25) is 0 Å². The molecule has 0 unspecified atom stereocenters. The van der Waals surface area contributed by atoms with E-state index < -0.39 is 0 Å². The van der Waals surface area contributed by atoms with Gasteiger partial charge in [0.1, 0.15) is 0 Å². The van der Waals surface area contributed by atoms with Crippen molar-refractivity contribution in [2.24, 2.45) is 0 Å². The first kappa shape index (κ1) is 9.21. The fourth-order valence-corrected chi connectivity index (χ4v) is 1.69. The molecular formula is C9H8BrN3O. The molecule has 0 fully saturated rings. The molecule has 0 saturated carbocycles. The number of rotatable bonds is 1. The molecular weight excluding hydrogens is 246 g/mol. The summed E-state index contributed by atoms with van der Waals surface area (Å²) in [5.74, 6) is 0.482. The largest absolute Gasteiger partial charge is 0.423 e. The molecule has 0 amide bonds. The number of hydrogen-bond donors (Lipinski definition) is 1. The topological polar surface area (TPSA) is 64.9 Å². The zero-order chi connectivity index (χ0) is 10.1. The van der Waals surface area contributed by atoms with Gasteiger partial charge in [0.2, 0.25) is 12.3 Å². The average Bonchev–Trinajstić information content (AvgIpc) is 2.63. The Kier molecular flexibility index (Phi) is 2.25. The first-order valence-corrected chi connectivity index (χ1v) is 4.80. The smallest absolute Gasteiger partial charge is 0.247 e. The van der Waals surface area contributed by atoms with Crippen LogP contribution in [0.3, 0.4) is 0 Å². The van der Waals surface area contributed by atoms with Gasteiger partial charge in [0.15, 0.2) is 0 Å². The fraction of sp³-hybridized carbons (Fsp3) is 0.111. The Labute approximate surface area is 89.3 Å². The minimum atomic E-state index is 0.482. The molecule has 1 aromatic carbocycles. The van der Waals surface area contributed by atoms with Crippen LogP contribution >= 0.6 is 15.9 Å². The normalized spacial score (nSPS) is 10.4. The third-order valence-electron chi connectivity index (χ3n) is 2.00. The van der Waals surface area contributed by atoms with E-state index in [1.165, 1.54) is 6.39 Å². The van der Waals surface area contributed by atoms with Crippen LogP contribution in [0.2, 0.25) is 0 Å². The maximum atomic E-state index is 5.81. The van der Waals surface area contributed by atoms with E-state index in [0.717, 1.165) is 15.6 Å². The summed E-state index contributed by atoms with van der Waals surface area (Å²) < 4.78 is 6.01. The molecule has 2 N–H and O–H groups in total. The molecule has 0 spiro atoms. The maximum Gasteiger partial charge on any atom is 0.247 e. The summed E-state index contributed by atoms with van der Waals surface area (Å²) in [5.41, 5.74) is 8.31. The van der Waals surface area contributed by atoms with Crippen molar-refractivity contribution >= 4 is 21.6 Å². The molecule has 2 rings (SSSR count). The Balaban J connectivity index is 2.64. The van der Waals surface area contributed by atoms with Gasteiger partial charge in [-0.2, -0.15) is 0 Å². The summed E-state index contributed by atoms with van der Waals surface area (Å²) in [4.78, 5) is 0. The number of anilines is 1. The summed E-state index contributed by atoms with van der Waals surface area (Å²) in [6, 6.07) is 3.74. The van der Waals surface area contributed by atoms with E-state index in [4.69, 9.17) is 10.2 Å². The van der Waals surface area contributed by atoms with Crippen LogP contribution in [0.25, 0.3) is 11.5 Å². The van der Waals surface area contributed by atoms with Crippen molar-refractivity contribution in [1.29, 1.82) is 0 Å². The van der Waals surface area contributed by atoms with E-state index in [0.29, 0.717) is 11.6 Å². The molecule has 14 heavy (non-hydrogen) atoms. The number of halogens is 1. The highest BCUT2D eigenvalue weighted by atomic mass is 79.9. The molecule has 0 aliphatic heterocycles. The van der Waals surface area contributed by atoms with Crippen LogP contribution < -0.4 is 5.73 Å². The van der Waals surface area contributed by atoms with Gasteiger partial charge in [0.25, 0.3) is 0 Å². The Morgan fingerprint density at radius 3 is 2.86 bits per heavy atom. The van der Waals surface area contributed by atoms with Crippen LogP contribution in [0.15, 0.2) is 27.4 Å². The fourth-order valence-electron chi connectivity index (χ4n) is 1.21. The molecule has 0 bridgehead atoms. The molecule has 1 heterocycles. The molecule has 4 nitrogen and oxygen atoms in total. The highest BCUT2D eigenvalue weighted by Gasteiger charge is 2.10. The van der Waals surface area contributed by atoms with E-state index in [9.17, 15) is 0 Å². The Bertz CT molecular complexity index is 453. The number of nitrogen functional groups attached to an aromatic ring is 1. The molecule has 0 saturated heterocycles. The highest BCUT2D eigenvalue weighted by Crippen LogP contribution is 2.29. The van der Waals surface area contributed by atoms with Gasteiger partial charge < -0.3 is 10.2 Å². The van der Waals surface area contributed by atoms with Gasteiger partial charge in [0.05, 0.1) is 0 Å². The minimum absolute atomic E-state index is 0.482. The van der Waals surface area contributed by atoms with Crippen molar-refractivity contribution in [3.63, 3.8) is 0 Å². The first-order chi connectivity index (χ1) is 6.68. The first-order valence-electron chi connectivity index (χ1n) is 4.00. The summed E-state index contributed by atoms with van der Waals surface area (Å²) in [6.07, 6.45) is 1.30. The van der Waals surface area contributed by atoms with Gasteiger partial charge >= 0.3 is 0 Å². The maximum absolute atomic E-state index is 5.81. The summed E-state index contributed by atoms with van der Waals surface area (Å²) in [7, 11) is 0. The van der Waals surface area contributed by atoms with E-state index >= 15 is 0 Å². The molecule has 1 aromatic heterocycles. The van der Waals surface area contributed by atoms with Crippen molar-refractivity contribution in [3.05, 3.63) is 28.6 Å². The van der Waals surface area contributed by atoms with E-state index in [-0.39, 0.29) is 0 Å². The second kappa shape index (κ2) is 3.42. The zero-order valence-corrected chi connectivity index (χ0v) is 9.08. The Hall–Kier alpha value is -1.36. The number of nitrogens with zero attached hydrogens (tertiary/aromatic N) is 2. The van der Waals surface area contributed by atoms with Crippen LogP contribution in [0, 0.1) is 6.92 Å². The van der Waals surface area contributed by atoms with Crippen molar-refractivity contribution in [2.75, 3.05) is 5.73 Å². The number of nitrogens with two attached hydrogens (primary N) is 1. The summed E-state index contributed by atoms with van der Waals surface area (Å²) in [6.45, 7) is 1.92. The predicted octanol–water partition coefficient (Wildman–Crippen LogP) is 2.39. The van der Waals surface area contributed by atoms with Gasteiger partial charge in [-0.25, -0.2) is 0 Å². The van der Waals surface area contributed by atoms with E-state index in [1.54, 1.807) is 0 Å².